The predicted octanol–water partition coefficient (Wildman–Crippen LogP) is 2.98. The summed E-state index contributed by atoms with van der Waals surface area (Å²) in [5.74, 6) is 0.489. The first-order chi connectivity index (χ1) is 9.31. The number of hydrogen-bond acceptors (Lipinski definition) is 4. The van der Waals surface area contributed by atoms with Crippen molar-refractivity contribution in [2.24, 2.45) is 0 Å². The SMILES string of the molecule is O=C(Cc1nc2ccccc2o1)Oc1ccccc1. The zero-order valence-corrected chi connectivity index (χ0v) is 10.1. The van der Waals surface area contributed by atoms with Crippen LogP contribution < -0.4 is 4.74 Å². The number of hydrogen-bond donors (Lipinski definition) is 0. The summed E-state index contributed by atoms with van der Waals surface area (Å²) in [7, 11) is 0. The van der Waals surface area contributed by atoms with Gasteiger partial charge in [0.2, 0.25) is 5.89 Å². The molecule has 0 radical (unpaired) electrons. The van der Waals surface area contributed by atoms with Gasteiger partial charge in [-0.1, -0.05) is 30.3 Å². The van der Waals surface area contributed by atoms with E-state index < -0.39 is 5.97 Å². The van der Waals surface area contributed by atoms with E-state index in [4.69, 9.17) is 9.15 Å². The van der Waals surface area contributed by atoms with Crippen LogP contribution in [0.3, 0.4) is 0 Å². The van der Waals surface area contributed by atoms with Gasteiger partial charge >= 0.3 is 5.97 Å². The van der Waals surface area contributed by atoms with Crippen LogP contribution in [0.4, 0.5) is 0 Å². The Kier molecular flexibility index (Phi) is 2.98. The second-order valence-electron chi connectivity index (χ2n) is 4.04. The molecule has 0 aliphatic rings. The van der Waals surface area contributed by atoms with E-state index in [-0.39, 0.29) is 6.42 Å². The average molecular weight is 253 g/mol. The molecule has 1 heterocycles. The highest BCUT2D eigenvalue weighted by Crippen LogP contribution is 2.16. The lowest BCUT2D eigenvalue weighted by Gasteiger charge is -2.01. The van der Waals surface area contributed by atoms with Crippen molar-refractivity contribution in [1.29, 1.82) is 0 Å². The maximum Gasteiger partial charge on any atom is 0.320 e. The Morgan fingerprint density at radius 3 is 2.58 bits per heavy atom. The quantitative estimate of drug-likeness (QED) is 0.532. The number of carbonyl (C=O) groups is 1. The van der Waals surface area contributed by atoms with Crippen molar-refractivity contribution < 1.29 is 13.9 Å². The third-order valence-electron chi connectivity index (χ3n) is 2.61. The van der Waals surface area contributed by atoms with Crippen molar-refractivity contribution in [1.82, 2.24) is 4.98 Å². The molecule has 0 spiro atoms. The predicted molar refractivity (Wildman–Crippen MR) is 69.8 cm³/mol. The minimum absolute atomic E-state index is 0.0174. The summed E-state index contributed by atoms with van der Waals surface area (Å²) in [6.45, 7) is 0. The Morgan fingerprint density at radius 1 is 1.05 bits per heavy atom. The van der Waals surface area contributed by atoms with E-state index >= 15 is 0 Å². The van der Waals surface area contributed by atoms with E-state index in [1.807, 2.05) is 42.5 Å². The monoisotopic (exact) mass is 253 g/mol. The third-order valence-corrected chi connectivity index (χ3v) is 2.61. The fourth-order valence-corrected chi connectivity index (χ4v) is 1.78. The van der Waals surface area contributed by atoms with Crippen LogP contribution in [0.15, 0.2) is 59.0 Å². The minimum atomic E-state index is -0.391. The summed E-state index contributed by atoms with van der Waals surface area (Å²) in [5, 5.41) is 0. The van der Waals surface area contributed by atoms with Gasteiger partial charge in [0.15, 0.2) is 5.58 Å². The highest BCUT2D eigenvalue weighted by Gasteiger charge is 2.12. The van der Waals surface area contributed by atoms with Gasteiger partial charge in [-0.05, 0) is 24.3 Å². The molecule has 94 valence electrons. The van der Waals surface area contributed by atoms with E-state index in [1.54, 1.807) is 12.1 Å². The molecule has 0 unspecified atom stereocenters. The Balaban J connectivity index is 1.72. The van der Waals surface area contributed by atoms with Crippen LogP contribution in [0.2, 0.25) is 0 Å². The van der Waals surface area contributed by atoms with Crippen molar-refractivity contribution in [2.45, 2.75) is 6.42 Å². The summed E-state index contributed by atoms with van der Waals surface area (Å²) >= 11 is 0. The summed E-state index contributed by atoms with van der Waals surface area (Å²) < 4.78 is 10.6. The van der Waals surface area contributed by atoms with E-state index in [0.29, 0.717) is 17.2 Å². The topological polar surface area (TPSA) is 52.3 Å². The van der Waals surface area contributed by atoms with E-state index in [9.17, 15) is 4.79 Å². The molecule has 0 saturated carbocycles. The summed E-state index contributed by atoms with van der Waals surface area (Å²) in [5.41, 5.74) is 1.41. The summed E-state index contributed by atoms with van der Waals surface area (Å²) in [4.78, 5) is 16.0. The van der Waals surface area contributed by atoms with Gasteiger partial charge in [-0.2, -0.15) is 0 Å². The molecule has 0 atom stereocenters. The Labute approximate surface area is 109 Å². The highest BCUT2D eigenvalue weighted by atomic mass is 16.5. The average Bonchev–Trinajstić information content (AvgIpc) is 2.81. The molecular formula is C15H11NO3. The number of rotatable bonds is 3. The maximum absolute atomic E-state index is 11.7. The van der Waals surface area contributed by atoms with Gasteiger partial charge in [-0.3, -0.25) is 4.79 Å². The van der Waals surface area contributed by atoms with Crippen LogP contribution in [-0.4, -0.2) is 11.0 Å². The Morgan fingerprint density at radius 2 is 1.79 bits per heavy atom. The minimum Gasteiger partial charge on any atom is -0.440 e. The molecule has 0 aliphatic carbocycles. The zero-order chi connectivity index (χ0) is 13.1. The molecule has 2 aromatic carbocycles. The molecule has 4 heteroatoms. The second-order valence-corrected chi connectivity index (χ2v) is 4.04. The zero-order valence-electron chi connectivity index (χ0n) is 10.1. The number of aromatic nitrogens is 1. The number of oxazole rings is 1. The first kappa shape index (κ1) is 11.5. The van der Waals surface area contributed by atoms with Crippen molar-refractivity contribution in [2.75, 3.05) is 0 Å². The standard InChI is InChI=1S/C15H11NO3/c17-15(18-11-6-2-1-3-7-11)10-14-16-12-8-4-5-9-13(12)19-14/h1-9H,10H2. The molecule has 0 aliphatic heterocycles. The summed E-state index contributed by atoms with van der Waals surface area (Å²) in [6, 6.07) is 16.3. The number of para-hydroxylation sites is 3. The molecule has 0 saturated heterocycles. The lowest BCUT2D eigenvalue weighted by Crippen LogP contribution is -2.11. The number of benzene rings is 2. The maximum atomic E-state index is 11.7. The molecule has 0 bridgehead atoms. The van der Waals surface area contributed by atoms with Crippen LogP contribution in [0, 0.1) is 0 Å². The normalized spacial score (nSPS) is 10.5. The lowest BCUT2D eigenvalue weighted by atomic mass is 10.3. The largest absolute Gasteiger partial charge is 0.440 e. The molecule has 1 aromatic heterocycles. The van der Waals surface area contributed by atoms with Crippen LogP contribution in [0.5, 0.6) is 5.75 Å². The number of ether oxygens (including phenoxy) is 1. The molecule has 0 amide bonds. The van der Waals surface area contributed by atoms with Gasteiger partial charge in [-0.15, -0.1) is 0 Å². The fourth-order valence-electron chi connectivity index (χ4n) is 1.78. The molecule has 3 aromatic rings. The second kappa shape index (κ2) is 4.94. The molecule has 0 fully saturated rings. The first-order valence-corrected chi connectivity index (χ1v) is 5.91. The molecular weight excluding hydrogens is 242 g/mol. The van der Waals surface area contributed by atoms with Crippen molar-refractivity contribution in [3.8, 4) is 5.75 Å². The van der Waals surface area contributed by atoms with Crippen LogP contribution in [0.1, 0.15) is 5.89 Å². The molecule has 19 heavy (non-hydrogen) atoms. The van der Waals surface area contributed by atoms with Gasteiger partial charge in [0.25, 0.3) is 0 Å². The van der Waals surface area contributed by atoms with Crippen LogP contribution >= 0.6 is 0 Å². The Bertz CT molecular complexity index is 670. The smallest absolute Gasteiger partial charge is 0.320 e. The molecule has 0 N–H and O–H groups in total. The molecule has 4 nitrogen and oxygen atoms in total. The number of carbonyl (C=O) groups excluding carboxylic acids is 1. The van der Waals surface area contributed by atoms with E-state index in [0.717, 1.165) is 5.52 Å². The number of fused-ring (bicyclic) bond motifs is 1. The number of nitrogens with zero attached hydrogens (tertiary/aromatic N) is 1. The van der Waals surface area contributed by atoms with Gasteiger partial charge in [0.1, 0.15) is 17.7 Å². The van der Waals surface area contributed by atoms with E-state index in [1.165, 1.54) is 0 Å². The van der Waals surface area contributed by atoms with Crippen molar-refractivity contribution in [3.05, 3.63) is 60.5 Å². The summed E-state index contributed by atoms with van der Waals surface area (Å²) in [6.07, 6.45) is 0.0174. The van der Waals surface area contributed by atoms with Gasteiger partial charge in [0.05, 0.1) is 0 Å². The highest BCUT2D eigenvalue weighted by molar-refractivity contribution is 5.76. The van der Waals surface area contributed by atoms with Crippen LogP contribution in [0.25, 0.3) is 11.1 Å². The Hall–Kier alpha value is -2.62. The van der Waals surface area contributed by atoms with Gasteiger partial charge in [-0.25, -0.2) is 4.98 Å². The first-order valence-electron chi connectivity index (χ1n) is 5.91. The van der Waals surface area contributed by atoms with Gasteiger partial charge in [0, 0.05) is 0 Å². The lowest BCUT2D eigenvalue weighted by molar-refractivity contribution is -0.133. The fraction of sp³-hybridized carbons (Fsp3) is 0.0667. The van der Waals surface area contributed by atoms with Crippen molar-refractivity contribution in [3.63, 3.8) is 0 Å². The third kappa shape index (κ3) is 2.63. The van der Waals surface area contributed by atoms with E-state index in [2.05, 4.69) is 4.98 Å². The van der Waals surface area contributed by atoms with Crippen LogP contribution in [-0.2, 0) is 11.2 Å². The molecule has 3 rings (SSSR count). The number of esters is 1. The van der Waals surface area contributed by atoms with Gasteiger partial charge < -0.3 is 9.15 Å². The van der Waals surface area contributed by atoms with Crippen molar-refractivity contribution >= 4 is 17.1 Å².